The molecular formula is C14H18N4O. The Kier molecular flexibility index (Phi) is 3.43. The van der Waals surface area contributed by atoms with E-state index in [1.807, 2.05) is 37.8 Å². The summed E-state index contributed by atoms with van der Waals surface area (Å²) >= 11 is 0. The molecule has 5 nitrogen and oxygen atoms in total. The van der Waals surface area contributed by atoms with E-state index in [1.54, 1.807) is 12.3 Å². The number of likely N-dealkylation sites (tertiary alicyclic amines) is 1. The number of carbonyl (C=O) groups excluding carboxylic acids is 1. The second kappa shape index (κ2) is 4.88. The van der Waals surface area contributed by atoms with Crippen molar-refractivity contribution in [2.45, 2.75) is 38.8 Å². The van der Waals surface area contributed by atoms with Crippen molar-refractivity contribution in [1.82, 2.24) is 9.88 Å². The van der Waals surface area contributed by atoms with Crippen LogP contribution in [0, 0.1) is 11.3 Å². The summed E-state index contributed by atoms with van der Waals surface area (Å²) < 4.78 is 0. The van der Waals surface area contributed by atoms with Crippen LogP contribution < -0.4 is 5.32 Å². The van der Waals surface area contributed by atoms with Crippen LogP contribution in [0.25, 0.3) is 0 Å². The van der Waals surface area contributed by atoms with Crippen LogP contribution in [0.3, 0.4) is 0 Å². The molecular weight excluding hydrogens is 240 g/mol. The molecule has 1 N–H and O–H groups in total. The van der Waals surface area contributed by atoms with Gasteiger partial charge in [-0.05, 0) is 32.9 Å². The third kappa shape index (κ3) is 3.02. The Morgan fingerprint density at radius 3 is 2.68 bits per heavy atom. The summed E-state index contributed by atoms with van der Waals surface area (Å²) in [6.07, 6.45) is 2.13. The summed E-state index contributed by atoms with van der Waals surface area (Å²) in [6, 6.07) is 5.56. The minimum absolute atomic E-state index is 0.0986. The molecule has 0 unspecified atom stereocenters. The number of hydrogen-bond donors (Lipinski definition) is 1. The van der Waals surface area contributed by atoms with Crippen molar-refractivity contribution >= 4 is 11.6 Å². The number of aromatic nitrogens is 1. The van der Waals surface area contributed by atoms with Gasteiger partial charge in [0.05, 0.1) is 17.9 Å². The van der Waals surface area contributed by atoms with Crippen molar-refractivity contribution < 1.29 is 4.79 Å². The zero-order valence-electron chi connectivity index (χ0n) is 11.5. The van der Waals surface area contributed by atoms with Crippen LogP contribution in [-0.2, 0) is 4.79 Å². The molecule has 0 bridgehead atoms. The summed E-state index contributed by atoms with van der Waals surface area (Å²) in [5.74, 6) is 0.173. The third-order valence-electron chi connectivity index (χ3n) is 3.18. The fraction of sp³-hybridized carbons (Fsp3) is 0.500. The number of nitrogens with one attached hydrogen (secondary N) is 1. The monoisotopic (exact) mass is 258 g/mol. The molecule has 1 aliphatic rings. The Labute approximate surface area is 113 Å². The first-order chi connectivity index (χ1) is 8.90. The van der Waals surface area contributed by atoms with Crippen molar-refractivity contribution in [3.8, 4) is 6.07 Å². The molecule has 0 spiro atoms. The lowest BCUT2D eigenvalue weighted by Gasteiger charge is -2.32. The van der Waals surface area contributed by atoms with E-state index in [0.29, 0.717) is 18.7 Å². The normalized spacial score (nSPS) is 19.4. The zero-order valence-corrected chi connectivity index (χ0v) is 11.5. The highest BCUT2D eigenvalue weighted by atomic mass is 16.2. The molecule has 100 valence electrons. The van der Waals surface area contributed by atoms with Gasteiger partial charge in [-0.1, -0.05) is 0 Å². The van der Waals surface area contributed by atoms with Gasteiger partial charge in [0.2, 0.25) is 5.91 Å². The molecule has 1 fully saturated rings. The Balaban J connectivity index is 2.01. The quantitative estimate of drug-likeness (QED) is 0.877. The molecule has 5 heteroatoms. The molecule has 2 rings (SSSR count). The number of hydrogen-bond acceptors (Lipinski definition) is 4. The maximum atomic E-state index is 11.9. The molecule has 0 aliphatic carbocycles. The summed E-state index contributed by atoms with van der Waals surface area (Å²) in [7, 11) is 0. The van der Waals surface area contributed by atoms with Gasteiger partial charge in [0, 0.05) is 18.5 Å². The van der Waals surface area contributed by atoms with Gasteiger partial charge in [-0.2, -0.15) is 5.26 Å². The van der Waals surface area contributed by atoms with Gasteiger partial charge >= 0.3 is 0 Å². The Morgan fingerprint density at radius 1 is 1.47 bits per heavy atom. The molecule has 0 aromatic carbocycles. The predicted octanol–water partition coefficient (Wildman–Crippen LogP) is 1.76. The Bertz CT molecular complexity index is 510. The summed E-state index contributed by atoms with van der Waals surface area (Å²) in [6.45, 7) is 6.81. The van der Waals surface area contributed by atoms with Crippen LogP contribution in [0.5, 0.6) is 0 Å². The van der Waals surface area contributed by atoms with E-state index < -0.39 is 0 Å². The average Bonchev–Trinajstić information content (AvgIpc) is 2.71. The first-order valence-electron chi connectivity index (χ1n) is 6.33. The highest BCUT2D eigenvalue weighted by molar-refractivity contribution is 5.80. The topological polar surface area (TPSA) is 69.0 Å². The first kappa shape index (κ1) is 13.3. The van der Waals surface area contributed by atoms with E-state index in [4.69, 9.17) is 5.26 Å². The second-order valence-electron chi connectivity index (χ2n) is 5.76. The van der Waals surface area contributed by atoms with E-state index in [-0.39, 0.29) is 17.5 Å². The van der Waals surface area contributed by atoms with Crippen molar-refractivity contribution in [3.63, 3.8) is 0 Å². The molecule has 1 aromatic heterocycles. The molecule has 19 heavy (non-hydrogen) atoms. The second-order valence-corrected chi connectivity index (χ2v) is 5.76. The fourth-order valence-corrected chi connectivity index (χ4v) is 2.23. The lowest BCUT2D eigenvalue weighted by molar-refractivity contribution is -0.131. The largest absolute Gasteiger partial charge is 0.379 e. The zero-order chi connectivity index (χ0) is 14.0. The SMILES string of the molecule is CC(C)(C)N1C[C@@H](Nc2ccc(C#N)nc2)CC1=O. The Hall–Kier alpha value is -2.09. The number of nitriles is 1. The molecule has 1 atom stereocenters. The standard InChI is InChI=1S/C14H18N4O/c1-14(2,3)18-9-12(6-13(18)19)17-11-5-4-10(7-15)16-8-11/h4-5,8,12,17H,6,9H2,1-3H3/t12-/m0/s1. The third-order valence-corrected chi connectivity index (χ3v) is 3.18. The van der Waals surface area contributed by atoms with Gasteiger partial charge in [0.15, 0.2) is 0 Å². The molecule has 1 aliphatic heterocycles. The minimum atomic E-state index is -0.142. The van der Waals surface area contributed by atoms with Gasteiger partial charge in [-0.15, -0.1) is 0 Å². The lowest BCUT2D eigenvalue weighted by atomic mass is 10.1. The fourth-order valence-electron chi connectivity index (χ4n) is 2.23. The average molecular weight is 258 g/mol. The number of rotatable bonds is 2. The lowest BCUT2D eigenvalue weighted by Crippen LogP contribution is -2.43. The van der Waals surface area contributed by atoms with Gasteiger partial charge in [0.1, 0.15) is 11.8 Å². The van der Waals surface area contributed by atoms with Crippen molar-refractivity contribution in [1.29, 1.82) is 5.26 Å². The highest BCUT2D eigenvalue weighted by Gasteiger charge is 2.36. The van der Waals surface area contributed by atoms with Crippen LogP contribution in [0.15, 0.2) is 18.3 Å². The Morgan fingerprint density at radius 2 is 2.21 bits per heavy atom. The number of pyridine rings is 1. The van der Waals surface area contributed by atoms with E-state index in [0.717, 1.165) is 5.69 Å². The van der Waals surface area contributed by atoms with Crippen LogP contribution >= 0.6 is 0 Å². The number of nitrogens with zero attached hydrogens (tertiary/aromatic N) is 3. The van der Waals surface area contributed by atoms with Gasteiger partial charge < -0.3 is 10.2 Å². The summed E-state index contributed by atoms with van der Waals surface area (Å²) in [4.78, 5) is 17.8. The number of carbonyl (C=O) groups is 1. The van der Waals surface area contributed by atoms with Gasteiger partial charge in [0.25, 0.3) is 0 Å². The van der Waals surface area contributed by atoms with Crippen molar-refractivity contribution in [2.75, 3.05) is 11.9 Å². The molecule has 1 amide bonds. The maximum absolute atomic E-state index is 11.9. The first-order valence-corrected chi connectivity index (χ1v) is 6.33. The van der Waals surface area contributed by atoms with Crippen LogP contribution in [0.1, 0.15) is 32.9 Å². The van der Waals surface area contributed by atoms with Gasteiger partial charge in [-0.25, -0.2) is 4.98 Å². The van der Waals surface area contributed by atoms with Crippen molar-refractivity contribution in [2.24, 2.45) is 0 Å². The molecule has 1 aromatic rings. The molecule has 2 heterocycles. The van der Waals surface area contributed by atoms with Gasteiger partial charge in [-0.3, -0.25) is 4.79 Å². The van der Waals surface area contributed by atoms with E-state index >= 15 is 0 Å². The van der Waals surface area contributed by atoms with E-state index in [1.165, 1.54) is 0 Å². The maximum Gasteiger partial charge on any atom is 0.225 e. The minimum Gasteiger partial charge on any atom is -0.379 e. The molecule has 0 saturated carbocycles. The summed E-state index contributed by atoms with van der Waals surface area (Å²) in [5.41, 5.74) is 1.09. The van der Waals surface area contributed by atoms with Crippen molar-refractivity contribution in [3.05, 3.63) is 24.0 Å². The predicted molar refractivity (Wildman–Crippen MR) is 72.4 cm³/mol. The molecule has 1 saturated heterocycles. The van der Waals surface area contributed by atoms with Crippen LogP contribution in [0.2, 0.25) is 0 Å². The summed E-state index contributed by atoms with van der Waals surface area (Å²) in [5, 5.41) is 12.0. The smallest absolute Gasteiger partial charge is 0.225 e. The van der Waals surface area contributed by atoms with Crippen LogP contribution in [-0.4, -0.2) is 33.9 Å². The van der Waals surface area contributed by atoms with Crippen LogP contribution in [0.4, 0.5) is 5.69 Å². The highest BCUT2D eigenvalue weighted by Crippen LogP contribution is 2.23. The number of anilines is 1. The molecule has 0 radical (unpaired) electrons. The van der Waals surface area contributed by atoms with E-state index in [9.17, 15) is 4.79 Å². The number of amides is 1. The van der Waals surface area contributed by atoms with E-state index in [2.05, 4.69) is 10.3 Å².